The van der Waals surface area contributed by atoms with Crippen LogP contribution in [-0.2, 0) is 0 Å². The second-order valence-corrected chi connectivity index (χ2v) is 4.88. The third-order valence-corrected chi connectivity index (χ3v) is 3.22. The van der Waals surface area contributed by atoms with E-state index in [9.17, 15) is 0 Å². The number of benzene rings is 1. The Kier molecular flexibility index (Phi) is 2.33. The van der Waals surface area contributed by atoms with Crippen LogP contribution in [0.25, 0.3) is 0 Å². The molecule has 1 heterocycles. The average molecular weight is 240 g/mol. The van der Waals surface area contributed by atoms with Gasteiger partial charge in [-0.3, -0.25) is 0 Å². The molecule has 0 aromatic heterocycles. The highest BCUT2D eigenvalue weighted by Crippen LogP contribution is 2.37. The van der Waals surface area contributed by atoms with E-state index in [2.05, 4.69) is 53.3 Å². The highest BCUT2D eigenvalue weighted by atomic mass is 79.9. The fourth-order valence-electron chi connectivity index (χ4n) is 1.93. The molecule has 0 aliphatic carbocycles. The summed E-state index contributed by atoms with van der Waals surface area (Å²) in [5, 5.41) is 3.44. The van der Waals surface area contributed by atoms with E-state index in [1.54, 1.807) is 0 Å². The second kappa shape index (κ2) is 3.33. The number of halogens is 1. The number of hydrogen-bond acceptors (Lipinski definition) is 1. The zero-order chi connectivity index (χ0) is 9.42. The molecule has 0 amide bonds. The summed E-state index contributed by atoms with van der Waals surface area (Å²) in [5.74, 6) is 1.38. The van der Waals surface area contributed by atoms with E-state index >= 15 is 0 Å². The lowest BCUT2D eigenvalue weighted by molar-refractivity contribution is 0.533. The van der Waals surface area contributed by atoms with Crippen molar-refractivity contribution in [2.45, 2.75) is 19.8 Å². The Morgan fingerprint density at radius 1 is 1.46 bits per heavy atom. The summed E-state index contributed by atoms with van der Waals surface area (Å²) in [6, 6.07) is 6.48. The highest BCUT2D eigenvalue weighted by Gasteiger charge is 2.24. The van der Waals surface area contributed by atoms with Crippen LogP contribution in [0.2, 0.25) is 0 Å². The lowest BCUT2D eigenvalue weighted by Crippen LogP contribution is -2.08. The Balaban J connectivity index is 2.40. The lowest BCUT2D eigenvalue weighted by Gasteiger charge is -2.14. The molecule has 0 saturated carbocycles. The number of hydrogen-bond donors (Lipinski definition) is 1. The maximum atomic E-state index is 3.51. The Morgan fingerprint density at radius 3 is 2.92 bits per heavy atom. The zero-order valence-electron chi connectivity index (χ0n) is 7.97. The van der Waals surface area contributed by atoms with Gasteiger partial charge in [0.15, 0.2) is 0 Å². The summed E-state index contributed by atoms with van der Waals surface area (Å²) in [6.45, 7) is 5.65. The first-order valence-corrected chi connectivity index (χ1v) is 5.51. The molecule has 2 rings (SSSR count). The molecule has 0 spiro atoms. The first-order chi connectivity index (χ1) is 6.18. The minimum atomic E-state index is 0.674. The quantitative estimate of drug-likeness (QED) is 0.790. The van der Waals surface area contributed by atoms with Crippen molar-refractivity contribution >= 4 is 21.6 Å². The molecule has 0 bridgehead atoms. The molecular formula is C11H14BrN. The molecular weight excluding hydrogens is 226 g/mol. The van der Waals surface area contributed by atoms with E-state index < -0.39 is 0 Å². The molecule has 0 fully saturated rings. The Hall–Kier alpha value is -0.500. The van der Waals surface area contributed by atoms with Gasteiger partial charge in [0.05, 0.1) is 0 Å². The summed E-state index contributed by atoms with van der Waals surface area (Å²) < 4.78 is 1.18. The van der Waals surface area contributed by atoms with Crippen LogP contribution in [0, 0.1) is 5.92 Å². The average Bonchev–Trinajstić information content (AvgIpc) is 2.46. The third kappa shape index (κ3) is 1.60. The van der Waals surface area contributed by atoms with Crippen molar-refractivity contribution in [3.8, 4) is 0 Å². The van der Waals surface area contributed by atoms with Gasteiger partial charge in [0.2, 0.25) is 0 Å². The molecule has 1 atom stereocenters. The van der Waals surface area contributed by atoms with Crippen LogP contribution in [0.1, 0.15) is 25.3 Å². The van der Waals surface area contributed by atoms with E-state index in [1.165, 1.54) is 15.7 Å². The molecule has 13 heavy (non-hydrogen) atoms. The van der Waals surface area contributed by atoms with Gasteiger partial charge in [0.1, 0.15) is 0 Å². The topological polar surface area (TPSA) is 12.0 Å². The van der Waals surface area contributed by atoms with Crippen molar-refractivity contribution in [2.75, 3.05) is 11.9 Å². The monoisotopic (exact) mass is 239 g/mol. The van der Waals surface area contributed by atoms with Crippen molar-refractivity contribution in [2.24, 2.45) is 5.92 Å². The van der Waals surface area contributed by atoms with Gasteiger partial charge in [0, 0.05) is 22.6 Å². The van der Waals surface area contributed by atoms with E-state index in [4.69, 9.17) is 0 Å². The van der Waals surface area contributed by atoms with E-state index in [0.29, 0.717) is 11.8 Å². The van der Waals surface area contributed by atoms with Crippen molar-refractivity contribution in [3.63, 3.8) is 0 Å². The van der Waals surface area contributed by atoms with E-state index in [0.717, 1.165) is 6.54 Å². The van der Waals surface area contributed by atoms with Crippen molar-refractivity contribution in [3.05, 3.63) is 28.2 Å². The summed E-state index contributed by atoms with van der Waals surface area (Å²) in [6.07, 6.45) is 0. The van der Waals surface area contributed by atoms with Gasteiger partial charge < -0.3 is 5.32 Å². The van der Waals surface area contributed by atoms with Gasteiger partial charge in [-0.25, -0.2) is 0 Å². The maximum Gasteiger partial charge on any atom is 0.0377 e. The SMILES string of the molecule is CC(C)C1CNc2ccc(Br)cc21. The van der Waals surface area contributed by atoms with Crippen molar-refractivity contribution in [1.82, 2.24) is 0 Å². The summed E-state index contributed by atoms with van der Waals surface area (Å²) >= 11 is 3.51. The fourth-order valence-corrected chi connectivity index (χ4v) is 2.30. The van der Waals surface area contributed by atoms with Gasteiger partial charge >= 0.3 is 0 Å². The molecule has 1 N–H and O–H groups in total. The maximum absolute atomic E-state index is 3.51. The minimum Gasteiger partial charge on any atom is -0.384 e. The van der Waals surface area contributed by atoms with Crippen LogP contribution in [0.4, 0.5) is 5.69 Å². The number of nitrogens with one attached hydrogen (secondary N) is 1. The summed E-state index contributed by atoms with van der Waals surface area (Å²) in [7, 11) is 0. The number of fused-ring (bicyclic) bond motifs is 1. The molecule has 2 heteroatoms. The van der Waals surface area contributed by atoms with Crippen LogP contribution in [0.15, 0.2) is 22.7 Å². The van der Waals surface area contributed by atoms with Crippen LogP contribution in [0.5, 0.6) is 0 Å². The van der Waals surface area contributed by atoms with Gasteiger partial charge in [-0.05, 0) is 29.7 Å². The normalized spacial score (nSPS) is 20.2. The van der Waals surface area contributed by atoms with Crippen molar-refractivity contribution < 1.29 is 0 Å². The Morgan fingerprint density at radius 2 is 2.23 bits per heavy atom. The molecule has 1 aromatic carbocycles. The third-order valence-electron chi connectivity index (χ3n) is 2.73. The second-order valence-electron chi connectivity index (χ2n) is 3.96. The highest BCUT2D eigenvalue weighted by molar-refractivity contribution is 9.10. The van der Waals surface area contributed by atoms with Gasteiger partial charge in [-0.1, -0.05) is 29.8 Å². The predicted molar refractivity (Wildman–Crippen MR) is 60.2 cm³/mol. The molecule has 1 aliphatic heterocycles. The van der Waals surface area contributed by atoms with Crippen LogP contribution < -0.4 is 5.32 Å². The first-order valence-electron chi connectivity index (χ1n) is 4.72. The van der Waals surface area contributed by atoms with Crippen LogP contribution >= 0.6 is 15.9 Å². The fraction of sp³-hybridized carbons (Fsp3) is 0.455. The summed E-state index contributed by atoms with van der Waals surface area (Å²) in [5.41, 5.74) is 2.77. The molecule has 0 radical (unpaired) electrons. The molecule has 1 aliphatic rings. The lowest BCUT2D eigenvalue weighted by atomic mass is 9.90. The number of rotatable bonds is 1. The molecule has 1 unspecified atom stereocenters. The molecule has 70 valence electrons. The Labute approximate surface area is 87.7 Å². The predicted octanol–water partition coefficient (Wildman–Crippen LogP) is 3.61. The largest absolute Gasteiger partial charge is 0.384 e. The molecule has 1 nitrogen and oxygen atoms in total. The van der Waals surface area contributed by atoms with E-state index in [-0.39, 0.29) is 0 Å². The Bertz CT molecular complexity index is 320. The smallest absolute Gasteiger partial charge is 0.0377 e. The minimum absolute atomic E-state index is 0.674. The van der Waals surface area contributed by atoms with Gasteiger partial charge in [0.25, 0.3) is 0 Å². The zero-order valence-corrected chi connectivity index (χ0v) is 9.56. The molecule has 1 aromatic rings. The van der Waals surface area contributed by atoms with Gasteiger partial charge in [-0.15, -0.1) is 0 Å². The molecule has 0 saturated heterocycles. The van der Waals surface area contributed by atoms with Gasteiger partial charge in [-0.2, -0.15) is 0 Å². The van der Waals surface area contributed by atoms with Crippen LogP contribution in [0.3, 0.4) is 0 Å². The standard InChI is InChI=1S/C11H14BrN/c1-7(2)10-6-13-11-4-3-8(12)5-9(10)11/h3-5,7,10,13H,6H2,1-2H3. The number of anilines is 1. The van der Waals surface area contributed by atoms with Crippen molar-refractivity contribution in [1.29, 1.82) is 0 Å². The first kappa shape index (κ1) is 9.07. The van der Waals surface area contributed by atoms with Crippen LogP contribution in [-0.4, -0.2) is 6.54 Å². The van der Waals surface area contributed by atoms with E-state index in [1.807, 2.05) is 0 Å². The summed E-state index contributed by atoms with van der Waals surface area (Å²) in [4.78, 5) is 0.